The van der Waals surface area contributed by atoms with Gasteiger partial charge in [-0.2, -0.15) is 4.31 Å². The number of rotatable bonds is 5. The predicted octanol–water partition coefficient (Wildman–Crippen LogP) is -0.355. The summed E-state index contributed by atoms with van der Waals surface area (Å²) in [6, 6.07) is 6.62. The van der Waals surface area contributed by atoms with Crippen LogP contribution in [0.25, 0.3) is 0 Å². The number of nitrogens with one attached hydrogen (secondary N) is 1. The van der Waals surface area contributed by atoms with Gasteiger partial charge in [-0.1, -0.05) is 12.1 Å². The molecule has 1 aromatic rings. The summed E-state index contributed by atoms with van der Waals surface area (Å²) in [5.74, 6) is 0.132. The lowest BCUT2D eigenvalue weighted by Crippen LogP contribution is -3.13. The van der Waals surface area contributed by atoms with E-state index in [2.05, 4.69) is 0 Å². The Kier molecular flexibility index (Phi) is 4.92. The molecule has 2 rings (SSSR count). The molecule has 1 N–H and O–H groups in total. The monoisotopic (exact) mass is 314 g/mol. The minimum absolute atomic E-state index is 0.0964. The molecular formula is C13H20N3O4S+. The average molecular weight is 314 g/mol. The van der Waals surface area contributed by atoms with Crippen LogP contribution < -0.4 is 4.90 Å². The van der Waals surface area contributed by atoms with Crippen LogP contribution in [0.2, 0.25) is 0 Å². The number of sulfonamides is 1. The summed E-state index contributed by atoms with van der Waals surface area (Å²) in [6.07, 6.45) is 0. The van der Waals surface area contributed by atoms with E-state index in [9.17, 15) is 18.5 Å². The van der Waals surface area contributed by atoms with Gasteiger partial charge in [0.2, 0.25) is 10.0 Å². The molecule has 1 fully saturated rings. The topological polar surface area (TPSA) is 85.0 Å². The molecule has 0 aromatic heterocycles. The van der Waals surface area contributed by atoms with Gasteiger partial charge in [0.05, 0.1) is 36.9 Å². The molecule has 0 saturated carbocycles. The van der Waals surface area contributed by atoms with Gasteiger partial charge in [0.25, 0.3) is 5.69 Å². The van der Waals surface area contributed by atoms with Crippen molar-refractivity contribution < 1.29 is 18.2 Å². The van der Waals surface area contributed by atoms with Crippen molar-refractivity contribution in [1.82, 2.24) is 4.31 Å². The zero-order chi connectivity index (χ0) is 15.5. The van der Waals surface area contributed by atoms with Crippen molar-refractivity contribution >= 4 is 15.7 Å². The molecule has 0 atom stereocenters. The molecule has 0 spiro atoms. The SMILES string of the molecule is CCS(=O)(=O)N1CC[NH+](Cc2cccc([N+](=O)[O-])c2)CC1. The van der Waals surface area contributed by atoms with E-state index in [0.717, 1.165) is 18.7 Å². The van der Waals surface area contributed by atoms with Crippen molar-refractivity contribution in [3.05, 3.63) is 39.9 Å². The Morgan fingerprint density at radius 1 is 1.33 bits per heavy atom. The van der Waals surface area contributed by atoms with Crippen molar-refractivity contribution in [3.8, 4) is 0 Å². The zero-order valence-corrected chi connectivity index (χ0v) is 12.8. The molecule has 8 heteroatoms. The molecule has 21 heavy (non-hydrogen) atoms. The molecule has 0 unspecified atom stereocenters. The first-order valence-corrected chi connectivity index (χ1v) is 8.58. The van der Waals surface area contributed by atoms with E-state index < -0.39 is 14.9 Å². The van der Waals surface area contributed by atoms with Crippen LogP contribution in [0.1, 0.15) is 12.5 Å². The third kappa shape index (κ3) is 3.99. The van der Waals surface area contributed by atoms with Crippen LogP contribution in [0.3, 0.4) is 0 Å². The molecular weight excluding hydrogens is 294 g/mol. The van der Waals surface area contributed by atoms with Gasteiger partial charge in [-0.05, 0) is 6.92 Å². The molecule has 1 aromatic carbocycles. The van der Waals surface area contributed by atoms with Gasteiger partial charge in [0.1, 0.15) is 6.54 Å². The minimum atomic E-state index is -3.10. The number of benzene rings is 1. The standard InChI is InChI=1S/C13H19N3O4S/c1-2-21(19,20)15-8-6-14(7-9-15)11-12-4-3-5-13(10-12)16(17)18/h3-5,10H,2,6-9,11H2,1H3/p+1. The van der Waals surface area contributed by atoms with E-state index in [1.807, 2.05) is 6.07 Å². The highest BCUT2D eigenvalue weighted by Gasteiger charge is 2.27. The van der Waals surface area contributed by atoms with E-state index in [1.165, 1.54) is 15.3 Å². The number of piperazine rings is 1. The van der Waals surface area contributed by atoms with Gasteiger partial charge in [-0.15, -0.1) is 0 Å². The number of hydrogen-bond donors (Lipinski definition) is 1. The predicted molar refractivity (Wildman–Crippen MR) is 78.5 cm³/mol. The summed E-state index contributed by atoms with van der Waals surface area (Å²) in [6.45, 7) is 4.81. The maximum atomic E-state index is 11.8. The maximum absolute atomic E-state index is 11.8. The van der Waals surface area contributed by atoms with Crippen molar-refractivity contribution in [2.75, 3.05) is 31.9 Å². The number of nitro benzene ring substituents is 1. The van der Waals surface area contributed by atoms with Gasteiger partial charge in [0.15, 0.2) is 0 Å². The smallest absolute Gasteiger partial charge is 0.269 e. The van der Waals surface area contributed by atoms with Gasteiger partial charge < -0.3 is 4.90 Å². The molecule has 1 heterocycles. The third-order valence-electron chi connectivity index (χ3n) is 3.76. The lowest BCUT2D eigenvalue weighted by molar-refractivity contribution is -0.917. The minimum Gasteiger partial charge on any atom is -0.329 e. The highest BCUT2D eigenvalue weighted by Crippen LogP contribution is 2.12. The molecule has 0 aliphatic carbocycles. The molecule has 116 valence electrons. The van der Waals surface area contributed by atoms with Crippen LogP contribution >= 0.6 is 0 Å². The van der Waals surface area contributed by atoms with Crippen LogP contribution in [0.15, 0.2) is 24.3 Å². The Bertz CT molecular complexity index is 610. The third-order valence-corrected chi connectivity index (χ3v) is 5.64. The summed E-state index contributed by atoms with van der Waals surface area (Å²) in [5.41, 5.74) is 1.00. The fourth-order valence-electron chi connectivity index (χ4n) is 2.51. The number of nitro groups is 1. The summed E-state index contributed by atoms with van der Waals surface area (Å²) in [7, 11) is -3.10. The Morgan fingerprint density at radius 2 is 2.00 bits per heavy atom. The van der Waals surface area contributed by atoms with Crippen LogP contribution in [-0.4, -0.2) is 49.6 Å². The largest absolute Gasteiger partial charge is 0.329 e. The summed E-state index contributed by atoms with van der Waals surface area (Å²) < 4.78 is 25.1. The summed E-state index contributed by atoms with van der Waals surface area (Å²) >= 11 is 0. The van der Waals surface area contributed by atoms with Crippen molar-refractivity contribution in [2.45, 2.75) is 13.5 Å². The van der Waals surface area contributed by atoms with Gasteiger partial charge in [-0.3, -0.25) is 10.1 Å². The Labute approximate surface area is 124 Å². The average Bonchev–Trinajstić information content (AvgIpc) is 2.48. The van der Waals surface area contributed by atoms with Gasteiger partial charge in [-0.25, -0.2) is 8.42 Å². The van der Waals surface area contributed by atoms with Crippen molar-refractivity contribution in [2.24, 2.45) is 0 Å². The highest BCUT2D eigenvalue weighted by molar-refractivity contribution is 7.89. The maximum Gasteiger partial charge on any atom is 0.269 e. The molecule has 1 saturated heterocycles. The second-order valence-corrected chi connectivity index (χ2v) is 7.41. The fraction of sp³-hybridized carbons (Fsp3) is 0.538. The van der Waals surface area contributed by atoms with Crippen LogP contribution in [0, 0.1) is 10.1 Å². The highest BCUT2D eigenvalue weighted by atomic mass is 32.2. The number of hydrogen-bond acceptors (Lipinski definition) is 4. The summed E-state index contributed by atoms with van der Waals surface area (Å²) in [4.78, 5) is 11.6. The normalized spacial score (nSPS) is 17.8. The van der Waals surface area contributed by atoms with Crippen LogP contribution in [0.5, 0.6) is 0 Å². The molecule has 1 aliphatic rings. The van der Waals surface area contributed by atoms with E-state index >= 15 is 0 Å². The Balaban J connectivity index is 1.95. The van der Waals surface area contributed by atoms with Crippen LogP contribution in [-0.2, 0) is 16.6 Å². The van der Waals surface area contributed by atoms with Gasteiger partial charge >= 0.3 is 0 Å². The summed E-state index contributed by atoms with van der Waals surface area (Å²) in [5, 5.41) is 10.8. The van der Waals surface area contributed by atoms with E-state index in [0.29, 0.717) is 19.6 Å². The van der Waals surface area contributed by atoms with Crippen molar-refractivity contribution in [1.29, 1.82) is 0 Å². The Morgan fingerprint density at radius 3 is 2.57 bits per heavy atom. The lowest BCUT2D eigenvalue weighted by Gasteiger charge is -2.31. The lowest BCUT2D eigenvalue weighted by atomic mass is 10.2. The molecule has 0 radical (unpaired) electrons. The van der Waals surface area contributed by atoms with Gasteiger partial charge in [0, 0.05) is 17.7 Å². The van der Waals surface area contributed by atoms with E-state index in [1.54, 1.807) is 19.1 Å². The first-order chi connectivity index (χ1) is 9.92. The van der Waals surface area contributed by atoms with E-state index in [4.69, 9.17) is 0 Å². The fourth-order valence-corrected chi connectivity index (χ4v) is 3.61. The number of non-ortho nitro benzene ring substituents is 1. The molecule has 0 bridgehead atoms. The first-order valence-electron chi connectivity index (χ1n) is 6.97. The van der Waals surface area contributed by atoms with Crippen LogP contribution in [0.4, 0.5) is 5.69 Å². The molecule has 1 aliphatic heterocycles. The quantitative estimate of drug-likeness (QED) is 0.594. The van der Waals surface area contributed by atoms with Crippen molar-refractivity contribution in [3.63, 3.8) is 0 Å². The molecule has 0 amide bonds. The zero-order valence-electron chi connectivity index (χ0n) is 12.0. The second kappa shape index (κ2) is 6.50. The molecule has 7 nitrogen and oxygen atoms in total. The number of quaternary nitrogens is 1. The Hall–Kier alpha value is -1.51. The number of nitrogens with zero attached hydrogens (tertiary/aromatic N) is 2. The first kappa shape index (κ1) is 15.9. The second-order valence-electron chi connectivity index (χ2n) is 5.15. The van der Waals surface area contributed by atoms with E-state index in [-0.39, 0.29) is 11.4 Å².